The Balaban J connectivity index is 1.98. The topological polar surface area (TPSA) is 50.8 Å². The molecule has 1 aromatic heterocycles. The first-order valence-electron chi connectivity index (χ1n) is 8.39. The Morgan fingerprint density at radius 3 is 2.35 bits per heavy atom. The zero-order valence-electron chi connectivity index (χ0n) is 15.2. The highest BCUT2D eigenvalue weighted by atomic mass is 19.4. The molecule has 2 aromatic carbocycles. The van der Waals surface area contributed by atoms with Gasteiger partial charge in [0.2, 0.25) is 5.88 Å². The SMILES string of the molecule is N#C/C(=C\c1ccc(-n2nc(C(F)(F)F)cc2OC(F)F)cc1)c1cccc(F)c1F. The van der Waals surface area contributed by atoms with E-state index in [-0.39, 0.29) is 16.8 Å². The zero-order chi connectivity index (χ0) is 22.8. The van der Waals surface area contributed by atoms with Crippen LogP contribution in [0, 0.1) is 23.0 Å². The minimum absolute atomic E-state index is 0.0428. The second kappa shape index (κ2) is 8.51. The summed E-state index contributed by atoms with van der Waals surface area (Å²) in [5.74, 6) is -3.18. The molecule has 0 aliphatic heterocycles. The van der Waals surface area contributed by atoms with E-state index in [0.29, 0.717) is 16.3 Å². The van der Waals surface area contributed by atoms with Crippen LogP contribution in [-0.4, -0.2) is 16.4 Å². The highest BCUT2D eigenvalue weighted by Gasteiger charge is 2.36. The normalized spacial score (nSPS) is 12.2. The second-order valence-electron chi connectivity index (χ2n) is 6.02. The molecule has 0 amide bonds. The number of hydrogen-bond acceptors (Lipinski definition) is 3. The fourth-order valence-corrected chi connectivity index (χ4v) is 2.62. The van der Waals surface area contributed by atoms with Crippen molar-refractivity contribution in [2.45, 2.75) is 12.8 Å². The van der Waals surface area contributed by atoms with E-state index in [2.05, 4.69) is 9.84 Å². The van der Waals surface area contributed by atoms with E-state index in [1.54, 1.807) is 6.07 Å². The minimum atomic E-state index is -4.88. The number of ether oxygens (including phenoxy) is 1. The molecule has 0 N–H and O–H groups in total. The van der Waals surface area contributed by atoms with Crippen molar-refractivity contribution in [3.05, 3.63) is 77.0 Å². The molecule has 160 valence electrons. The van der Waals surface area contributed by atoms with Crippen molar-refractivity contribution in [2.75, 3.05) is 0 Å². The molecule has 0 radical (unpaired) electrons. The molecule has 4 nitrogen and oxygen atoms in total. The predicted octanol–water partition coefficient (Wildman–Crippen LogP) is 5.83. The Morgan fingerprint density at radius 2 is 1.77 bits per heavy atom. The van der Waals surface area contributed by atoms with Crippen LogP contribution in [0.5, 0.6) is 5.88 Å². The smallest absolute Gasteiger partial charge is 0.417 e. The Bertz CT molecular complexity index is 1160. The molecule has 0 fully saturated rings. The zero-order valence-corrected chi connectivity index (χ0v) is 15.2. The van der Waals surface area contributed by atoms with E-state index in [1.165, 1.54) is 42.5 Å². The minimum Gasteiger partial charge on any atom is -0.417 e. The van der Waals surface area contributed by atoms with Crippen molar-refractivity contribution in [1.29, 1.82) is 5.26 Å². The number of alkyl halides is 5. The second-order valence-corrected chi connectivity index (χ2v) is 6.02. The Labute approximate surface area is 170 Å². The van der Waals surface area contributed by atoms with Gasteiger partial charge in [-0.25, -0.2) is 13.5 Å². The van der Waals surface area contributed by atoms with Gasteiger partial charge in [0.25, 0.3) is 0 Å². The summed E-state index contributed by atoms with van der Waals surface area (Å²) in [7, 11) is 0. The average Bonchev–Trinajstić information content (AvgIpc) is 3.12. The molecule has 3 aromatic rings. The summed E-state index contributed by atoms with van der Waals surface area (Å²) in [4.78, 5) is 0. The van der Waals surface area contributed by atoms with Gasteiger partial charge < -0.3 is 4.74 Å². The quantitative estimate of drug-likeness (QED) is 0.284. The first-order chi connectivity index (χ1) is 14.6. The third-order valence-electron chi connectivity index (χ3n) is 3.99. The predicted molar refractivity (Wildman–Crippen MR) is 95.0 cm³/mol. The van der Waals surface area contributed by atoms with Gasteiger partial charge in [-0.2, -0.15) is 32.3 Å². The average molecular weight is 441 g/mol. The molecular weight excluding hydrogens is 431 g/mol. The number of nitriles is 1. The molecule has 0 atom stereocenters. The fourth-order valence-electron chi connectivity index (χ4n) is 2.62. The van der Waals surface area contributed by atoms with Gasteiger partial charge in [-0.15, -0.1) is 0 Å². The molecule has 0 aliphatic carbocycles. The molecule has 0 aliphatic rings. The van der Waals surface area contributed by atoms with Gasteiger partial charge in [0.05, 0.1) is 17.3 Å². The van der Waals surface area contributed by atoms with E-state index in [9.17, 15) is 36.0 Å². The molecule has 31 heavy (non-hydrogen) atoms. The molecule has 3 rings (SSSR count). The Morgan fingerprint density at radius 1 is 1.10 bits per heavy atom. The van der Waals surface area contributed by atoms with Gasteiger partial charge in [-0.3, -0.25) is 0 Å². The lowest BCUT2D eigenvalue weighted by molar-refractivity contribution is -0.141. The van der Waals surface area contributed by atoms with Crippen LogP contribution in [0.4, 0.5) is 30.7 Å². The van der Waals surface area contributed by atoms with Crippen molar-refractivity contribution >= 4 is 11.6 Å². The van der Waals surface area contributed by atoms with Crippen LogP contribution >= 0.6 is 0 Å². The van der Waals surface area contributed by atoms with Crippen LogP contribution in [0.25, 0.3) is 17.3 Å². The summed E-state index contributed by atoms with van der Waals surface area (Å²) in [6.45, 7) is -3.38. The van der Waals surface area contributed by atoms with Gasteiger partial charge >= 0.3 is 12.8 Å². The Hall–Kier alpha value is -3.81. The van der Waals surface area contributed by atoms with Gasteiger partial charge in [-0.1, -0.05) is 24.3 Å². The molecule has 1 heterocycles. The van der Waals surface area contributed by atoms with Gasteiger partial charge in [0, 0.05) is 11.6 Å². The van der Waals surface area contributed by atoms with Gasteiger partial charge in [-0.05, 0) is 29.8 Å². The number of hydrogen-bond donors (Lipinski definition) is 0. The molecular formula is C20H10F7N3O. The molecule has 0 spiro atoms. The van der Waals surface area contributed by atoms with E-state index >= 15 is 0 Å². The molecule has 0 saturated carbocycles. The van der Waals surface area contributed by atoms with Crippen molar-refractivity contribution in [2.24, 2.45) is 0 Å². The number of aromatic nitrogens is 2. The van der Waals surface area contributed by atoms with Crippen LogP contribution < -0.4 is 4.74 Å². The summed E-state index contributed by atoms with van der Waals surface area (Å²) in [6, 6.07) is 10.5. The number of halogens is 7. The molecule has 0 saturated heterocycles. The monoisotopic (exact) mass is 441 g/mol. The van der Waals surface area contributed by atoms with E-state index in [0.717, 1.165) is 6.07 Å². The lowest BCUT2D eigenvalue weighted by Crippen LogP contribution is -2.09. The van der Waals surface area contributed by atoms with E-state index in [1.807, 2.05) is 0 Å². The molecule has 0 unspecified atom stereocenters. The maximum Gasteiger partial charge on any atom is 0.435 e. The van der Waals surface area contributed by atoms with Gasteiger partial charge in [0.1, 0.15) is 0 Å². The fraction of sp³-hybridized carbons (Fsp3) is 0.100. The van der Waals surface area contributed by atoms with Crippen molar-refractivity contribution in [3.8, 4) is 17.6 Å². The van der Waals surface area contributed by atoms with Crippen LogP contribution in [0.15, 0.2) is 48.5 Å². The van der Waals surface area contributed by atoms with Gasteiger partial charge in [0.15, 0.2) is 17.3 Å². The molecule has 0 bridgehead atoms. The lowest BCUT2D eigenvalue weighted by atomic mass is 10.0. The van der Waals surface area contributed by atoms with Crippen LogP contribution in [-0.2, 0) is 6.18 Å². The first-order valence-corrected chi connectivity index (χ1v) is 8.39. The van der Waals surface area contributed by atoms with E-state index in [4.69, 9.17) is 0 Å². The van der Waals surface area contributed by atoms with Crippen LogP contribution in [0.1, 0.15) is 16.8 Å². The van der Waals surface area contributed by atoms with Crippen molar-refractivity contribution in [3.63, 3.8) is 0 Å². The third kappa shape index (κ3) is 4.85. The number of allylic oxidation sites excluding steroid dienone is 1. The van der Waals surface area contributed by atoms with Crippen molar-refractivity contribution in [1.82, 2.24) is 9.78 Å². The van der Waals surface area contributed by atoms with E-state index < -0.39 is 36.0 Å². The lowest BCUT2D eigenvalue weighted by Gasteiger charge is -2.08. The Kier molecular flexibility index (Phi) is 6.01. The first kappa shape index (κ1) is 21.9. The maximum absolute atomic E-state index is 13.9. The number of benzene rings is 2. The number of nitrogens with zero attached hydrogens (tertiary/aromatic N) is 3. The van der Waals surface area contributed by atoms with Crippen LogP contribution in [0.2, 0.25) is 0 Å². The highest BCUT2D eigenvalue weighted by Crippen LogP contribution is 2.33. The third-order valence-corrected chi connectivity index (χ3v) is 3.99. The summed E-state index contributed by atoms with van der Waals surface area (Å²) in [6.07, 6.45) is -3.66. The standard InChI is InChI=1S/C20H10F7N3O/c21-15-3-1-2-14(18(15)22)12(10-28)8-11-4-6-13(7-5-11)30-17(31-19(23)24)9-16(29-30)20(25,26)27/h1-9,19H/b12-8+. The summed E-state index contributed by atoms with van der Waals surface area (Å²) >= 11 is 0. The number of rotatable bonds is 5. The van der Waals surface area contributed by atoms with Crippen molar-refractivity contribution < 1.29 is 35.5 Å². The summed E-state index contributed by atoms with van der Waals surface area (Å²) in [5.41, 5.74) is -1.64. The maximum atomic E-state index is 13.9. The summed E-state index contributed by atoms with van der Waals surface area (Å²) < 4.78 is 95.7. The van der Waals surface area contributed by atoms with Crippen LogP contribution in [0.3, 0.4) is 0 Å². The highest BCUT2D eigenvalue weighted by molar-refractivity contribution is 5.89. The molecule has 11 heteroatoms. The summed E-state index contributed by atoms with van der Waals surface area (Å²) in [5, 5.41) is 12.5. The largest absolute Gasteiger partial charge is 0.435 e.